The Morgan fingerprint density at radius 2 is 1.68 bits per heavy atom. The van der Waals surface area contributed by atoms with Gasteiger partial charge in [0.1, 0.15) is 19.0 Å². The number of hydrogen-bond donors (Lipinski definition) is 0. The standard InChI is InChI=1S/C27H25NO4S2/c1-18-7-6-9-21(15-18)28-26(29)25(34-27(28)33)17-20-11-12-23(24(16-20)30-3)32-14-13-31-22-10-5-4-8-19(22)2/h4-12,15-17H,13-14H2,1-3H3. The fourth-order valence-corrected chi connectivity index (χ4v) is 4.82. The molecule has 4 rings (SSSR count). The second-order valence-corrected chi connectivity index (χ2v) is 9.40. The Kier molecular flexibility index (Phi) is 7.55. The number of aryl methyl sites for hydroxylation is 2. The van der Waals surface area contributed by atoms with E-state index in [0.717, 1.165) is 28.1 Å². The first kappa shape index (κ1) is 23.9. The molecule has 0 saturated carbocycles. The van der Waals surface area contributed by atoms with E-state index in [-0.39, 0.29) is 5.91 Å². The molecule has 0 bridgehead atoms. The van der Waals surface area contributed by atoms with Crippen molar-refractivity contribution in [2.75, 3.05) is 25.2 Å². The van der Waals surface area contributed by atoms with Crippen molar-refractivity contribution in [3.8, 4) is 17.2 Å². The van der Waals surface area contributed by atoms with E-state index < -0.39 is 0 Å². The number of benzene rings is 3. The molecule has 0 atom stereocenters. The molecule has 0 aromatic heterocycles. The molecule has 1 fully saturated rings. The van der Waals surface area contributed by atoms with Gasteiger partial charge in [-0.05, 0) is 66.9 Å². The Hall–Kier alpha value is -3.29. The van der Waals surface area contributed by atoms with Crippen LogP contribution in [0.5, 0.6) is 17.2 Å². The molecular weight excluding hydrogens is 466 g/mol. The minimum absolute atomic E-state index is 0.131. The van der Waals surface area contributed by atoms with Gasteiger partial charge in [0.05, 0.1) is 17.7 Å². The van der Waals surface area contributed by atoms with Crippen LogP contribution in [0.15, 0.2) is 71.6 Å². The molecular formula is C27H25NO4S2. The lowest BCUT2D eigenvalue weighted by Crippen LogP contribution is -2.27. The third-order valence-corrected chi connectivity index (χ3v) is 6.53. The topological polar surface area (TPSA) is 48.0 Å². The van der Waals surface area contributed by atoms with Crippen molar-refractivity contribution >= 4 is 46.0 Å². The average Bonchev–Trinajstić information content (AvgIpc) is 3.10. The minimum Gasteiger partial charge on any atom is -0.493 e. The van der Waals surface area contributed by atoms with Crippen LogP contribution in [0, 0.1) is 13.8 Å². The molecule has 0 N–H and O–H groups in total. The number of carbonyl (C=O) groups is 1. The molecule has 1 amide bonds. The summed E-state index contributed by atoms with van der Waals surface area (Å²) in [6, 6.07) is 21.2. The van der Waals surface area contributed by atoms with Crippen LogP contribution >= 0.6 is 24.0 Å². The molecule has 0 spiro atoms. The summed E-state index contributed by atoms with van der Waals surface area (Å²) >= 11 is 6.77. The summed E-state index contributed by atoms with van der Waals surface area (Å²) in [5.41, 5.74) is 3.75. The Labute approximate surface area is 209 Å². The molecule has 5 nitrogen and oxygen atoms in total. The molecule has 7 heteroatoms. The number of carbonyl (C=O) groups excluding carboxylic acids is 1. The quantitative estimate of drug-likeness (QED) is 0.213. The van der Waals surface area contributed by atoms with Crippen LogP contribution in [0.3, 0.4) is 0 Å². The number of ether oxygens (including phenoxy) is 3. The van der Waals surface area contributed by atoms with Gasteiger partial charge in [0.2, 0.25) is 0 Å². The van der Waals surface area contributed by atoms with E-state index in [1.54, 1.807) is 12.0 Å². The van der Waals surface area contributed by atoms with Crippen LogP contribution in [-0.2, 0) is 4.79 Å². The highest BCUT2D eigenvalue weighted by Crippen LogP contribution is 2.37. The van der Waals surface area contributed by atoms with Gasteiger partial charge in [0, 0.05) is 0 Å². The number of para-hydroxylation sites is 1. The first-order valence-electron chi connectivity index (χ1n) is 10.8. The lowest BCUT2D eigenvalue weighted by Gasteiger charge is -2.15. The van der Waals surface area contributed by atoms with Crippen molar-refractivity contribution in [2.24, 2.45) is 0 Å². The van der Waals surface area contributed by atoms with Gasteiger partial charge in [-0.1, -0.05) is 60.4 Å². The van der Waals surface area contributed by atoms with Gasteiger partial charge in [0.25, 0.3) is 5.91 Å². The van der Waals surface area contributed by atoms with E-state index in [4.69, 9.17) is 26.4 Å². The molecule has 3 aromatic rings. The van der Waals surface area contributed by atoms with E-state index in [9.17, 15) is 4.79 Å². The Morgan fingerprint density at radius 3 is 2.41 bits per heavy atom. The minimum atomic E-state index is -0.131. The molecule has 1 aliphatic heterocycles. The fraction of sp³-hybridized carbons (Fsp3) is 0.185. The van der Waals surface area contributed by atoms with Gasteiger partial charge < -0.3 is 14.2 Å². The van der Waals surface area contributed by atoms with Gasteiger partial charge >= 0.3 is 0 Å². The van der Waals surface area contributed by atoms with E-state index in [1.807, 2.05) is 86.7 Å². The number of thiocarbonyl (C=S) groups is 1. The monoisotopic (exact) mass is 491 g/mol. The van der Waals surface area contributed by atoms with E-state index >= 15 is 0 Å². The van der Waals surface area contributed by atoms with Crippen molar-refractivity contribution in [3.63, 3.8) is 0 Å². The number of amides is 1. The maximum absolute atomic E-state index is 13.0. The molecule has 1 heterocycles. The van der Waals surface area contributed by atoms with Gasteiger partial charge in [0.15, 0.2) is 15.8 Å². The van der Waals surface area contributed by atoms with Crippen LogP contribution in [0.2, 0.25) is 0 Å². The average molecular weight is 492 g/mol. The highest BCUT2D eigenvalue weighted by Gasteiger charge is 2.33. The zero-order valence-electron chi connectivity index (χ0n) is 19.2. The SMILES string of the molecule is COc1cc(C=C2SC(=S)N(c3cccc(C)c3)C2=O)ccc1OCCOc1ccccc1C. The molecule has 0 radical (unpaired) electrons. The highest BCUT2D eigenvalue weighted by atomic mass is 32.2. The Morgan fingerprint density at radius 1 is 0.912 bits per heavy atom. The first-order chi connectivity index (χ1) is 16.5. The highest BCUT2D eigenvalue weighted by molar-refractivity contribution is 8.27. The van der Waals surface area contributed by atoms with Crippen molar-refractivity contribution in [1.29, 1.82) is 0 Å². The maximum atomic E-state index is 13.0. The number of anilines is 1. The van der Waals surface area contributed by atoms with Gasteiger partial charge in [-0.15, -0.1) is 0 Å². The normalized spacial score (nSPS) is 14.6. The predicted molar refractivity (Wildman–Crippen MR) is 142 cm³/mol. The largest absolute Gasteiger partial charge is 0.493 e. The fourth-order valence-electron chi connectivity index (χ4n) is 3.52. The third-order valence-electron chi connectivity index (χ3n) is 5.23. The zero-order chi connectivity index (χ0) is 24.1. The smallest absolute Gasteiger partial charge is 0.270 e. The van der Waals surface area contributed by atoms with Crippen molar-refractivity contribution < 1.29 is 19.0 Å². The molecule has 0 unspecified atom stereocenters. The lowest BCUT2D eigenvalue weighted by molar-refractivity contribution is -0.113. The molecule has 3 aromatic carbocycles. The maximum Gasteiger partial charge on any atom is 0.270 e. The molecule has 1 saturated heterocycles. The summed E-state index contributed by atoms with van der Waals surface area (Å²) in [5.74, 6) is 1.91. The summed E-state index contributed by atoms with van der Waals surface area (Å²) in [6.45, 7) is 4.78. The van der Waals surface area contributed by atoms with Crippen LogP contribution in [0.25, 0.3) is 6.08 Å². The Balaban J connectivity index is 1.43. The van der Waals surface area contributed by atoms with Gasteiger partial charge in [-0.3, -0.25) is 9.69 Å². The number of methoxy groups -OCH3 is 1. The van der Waals surface area contributed by atoms with Crippen LogP contribution in [-0.4, -0.2) is 30.6 Å². The van der Waals surface area contributed by atoms with E-state index in [0.29, 0.717) is 33.9 Å². The number of rotatable bonds is 8. The summed E-state index contributed by atoms with van der Waals surface area (Å²) in [4.78, 5) is 15.2. The molecule has 174 valence electrons. The third kappa shape index (κ3) is 5.43. The van der Waals surface area contributed by atoms with Crippen LogP contribution in [0.1, 0.15) is 16.7 Å². The second kappa shape index (κ2) is 10.8. The van der Waals surface area contributed by atoms with E-state index in [1.165, 1.54) is 11.8 Å². The predicted octanol–water partition coefficient (Wildman–Crippen LogP) is 6.18. The van der Waals surface area contributed by atoms with Gasteiger partial charge in [-0.25, -0.2) is 0 Å². The summed E-state index contributed by atoms with van der Waals surface area (Å²) in [6.07, 6.45) is 1.82. The van der Waals surface area contributed by atoms with Crippen LogP contribution < -0.4 is 19.1 Å². The summed E-state index contributed by atoms with van der Waals surface area (Å²) in [7, 11) is 1.59. The first-order valence-corrected chi connectivity index (χ1v) is 12.0. The molecule has 1 aliphatic rings. The Bertz CT molecular complexity index is 1250. The number of nitrogens with zero attached hydrogens (tertiary/aromatic N) is 1. The van der Waals surface area contributed by atoms with Crippen LogP contribution in [0.4, 0.5) is 5.69 Å². The number of hydrogen-bond acceptors (Lipinski definition) is 6. The van der Waals surface area contributed by atoms with E-state index in [2.05, 4.69) is 0 Å². The van der Waals surface area contributed by atoms with Crippen molar-refractivity contribution in [2.45, 2.75) is 13.8 Å². The summed E-state index contributed by atoms with van der Waals surface area (Å²) < 4.78 is 17.7. The number of thioether (sulfide) groups is 1. The lowest BCUT2D eigenvalue weighted by atomic mass is 10.1. The second-order valence-electron chi connectivity index (χ2n) is 7.73. The molecule has 34 heavy (non-hydrogen) atoms. The van der Waals surface area contributed by atoms with Gasteiger partial charge in [-0.2, -0.15) is 0 Å². The van der Waals surface area contributed by atoms with Crippen molar-refractivity contribution in [1.82, 2.24) is 0 Å². The summed E-state index contributed by atoms with van der Waals surface area (Å²) in [5, 5.41) is 0. The molecule has 0 aliphatic carbocycles. The zero-order valence-corrected chi connectivity index (χ0v) is 20.9. The van der Waals surface area contributed by atoms with Crippen molar-refractivity contribution in [3.05, 3.63) is 88.3 Å².